The predicted octanol–water partition coefficient (Wildman–Crippen LogP) is 5.81. The Morgan fingerprint density at radius 3 is 1.57 bits per heavy atom. The Morgan fingerprint density at radius 1 is 0.714 bits per heavy atom. The first-order chi connectivity index (χ1) is 6.56. The summed E-state index contributed by atoms with van der Waals surface area (Å²) < 4.78 is 1.29. The molecule has 0 atom stereocenters. The van der Waals surface area contributed by atoms with E-state index in [1.165, 1.54) is 43.0 Å². The normalized spacial score (nSPS) is 12.0. The van der Waals surface area contributed by atoms with E-state index in [1.54, 1.807) is 0 Å². The van der Waals surface area contributed by atoms with Crippen LogP contribution in [0.25, 0.3) is 0 Å². The summed E-state index contributed by atoms with van der Waals surface area (Å²) in [5.74, 6) is 0. The van der Waals surface area contributed by atoms with Gasteiger partial charge in [0.1, 0.15) is 0 Å². The molecule has 0 aliphatic heterocycles. The summed E-state index contributed by atoms with van der Waals surface area (Å²) in [6, 6.07) is -1.50. The second-order valence-electron chi connectivity index (χ2n) is 3.53. The van der Waals surface area contributed by atoms with E-state index < -0.39 is 6.00 Å². The van der Waals surface area contributed by atoms with E-state index in [0.29, 0.717) is 0 Å². The zero-order valence-electron chi connectivity index (χ0n) is 8.38. The topological polar surface area (TPSA) is 0 Å². The standard InChI is InChI=1S/C9H18Cl3ISi/c10-14(11,12)9-7-5-3-1-2-4-6-8-13/h1-9H2. The third-order valence-electron chi connectivity index (χ3n) is 2.09. The van der Waals surface area contributed by atoms with Crippen LogP contribution in [0.15, 0.2) is 0 Å². The molecule has 0 heterocycles. The molecule has 0 aliphatic rings. The Morgan fingerprint density at radius 2 is 1.14 bits per heavy atom. The molecule has 0 aliphatic carbocycles. The largest absolute Gasteiger partial charge is 0.341 e. The van der Waals surface area contributed by atoms with Crippen LogP contribution < -0.4 is 0 Å². The molecule has 0 unspecified atom stereocenters. The SMILES string of the molecule is Cl[Si](Cl)(Cl)CCCCCCCCCI. The molecule has 0 saturated heterocycles. The lowest BCUT2D eigenvalue weighted by Gasteiger charge is -2.06. The van der Waals surface area contributed by atoms with E-state index in [4.69, 9.17) is 33.2 Å². The van der Waals surface area contributed by atoms with Crippen LogP contribution in [-0.4, -0.2) is 10.4 Å². The Bertz CT molecular complexity index is 128. The fraction of sp³-hybridized carbons (Fsp3) is 1.00. The van der Waals surface area contributed by atoms with Gasteiger partial charge in [-0.2, -0.15) is 0 Å². The quantitative estimate of drug-likeness (QED) is 0.154. The van der Waals surface area contributed by atoms with Gasteiger partial charge in [0.15, 0.2) is 0 Å². The summed E-state index contributed by atoms with van der Waals surface area (Å²) in [6.45, 7) is 0. The van der Waals surface area contributed by atoms with Crippen LogP contribution >= 0.6 is 55.8 Å². The van der Waals surface area contributed by atoms with Gasteiger partial charge >= 0.3 is 6.00 Å². The zero-order chi connectivity index (χ0) is 10.9. The lowest BCUT2D eigenvalue weighted by molar-refractivity contribution is 0.604. The van der Waals surface area contributed by atoms with Gasteiger partial charge in [0.2, 0.25) is 0 Å². The van der Waals surface area contributed by atoms with Gasteiger partial charge in [0.05, 0.1) is 0 Å². The Hall–Kier alpha value is 1.82. The maximum atomic E-state index is 5.78. The highest BCUT2D eigenvalue weighted by atomic mass is 127. The van der Waals surface area contributed by atoms with Crippen molar-refractivity contribution in [3.05, 3.63) is 0 Å². The van der Waals surface area contributed by atoms with Crippen LogP contribution in [0.2, 0.25) is 6.04 Å². The van der Waals surface area contributed by atoms with Gasteiger partial charge in [-0.05, 0) is 16.9 Å². The molecule has 14 heavy (non-hydrogen) atoms. The molecule has 0 nitrogen and oxygen atoms in total. The number of hydrogen-bond acceptors (Lipinski definition) is 0. The minimum absolute atomic E-state index is 0.825. The van der Waals surface area contributed by atoms with Gasteiger partial charge in [-0.3, -0.25) is 0 Å². The maximum Gasteiger partial charge on any atom is 0.341 e. The molecule has 86 valence electrons. The molecule has 0 N–H and O–H groups in total. The lowest BCUT2D eigenvalue weighted by atomic mass is 10.1. The van der Waals surface area contributed by atoms with Gasteiger partial charge in [-0.15, -0.1) is 33.2 Å². The van der Waals surface area contributed by atoms with Crippen molar-refractivity contribution in [2.45, 2.75) is 51.0 Å². The summed E-state index contributed by atoms with van der Waals surface area (Å²) in [4.78, 5) is 0. The van der Waals surface area contributed by atoms with Crippen LogP contribution in [0, 0.1) is 0 Å². The van der Waals surface area contributed by atoms with Crippen molar-refractivity contribution in [1.82, 2.24) is 0 Å². The van der Waals surface area contributed by atoms with Crippen molar-refractivity contribution >= 4 is 61.8 Å². The number of hydrogen-bond donors (Lipinski definition) is 0. The van der Waals surface area contributed by atoms with Crippen LogP contribution in [0.1, 0.15) is 44.9 Å². The molecule has 5 heteroatoms. The first-order valence-corrected chi connectivity index (χ1v) is 12.0. The summed E-state index contributed by atoms with van der Waals surface area (Å²) in [5.41, 5.74) is 0. The summed E-state index contributed by atoms with van der Waals surface area (Å²) in [6.07, 6.45) is 9.08. The van der Waals surface area contributed by atoms with Crippen molar-refractivity contribution in [3.8, 4) is 0 Å². The van der Waals surface area contributed by atoms with E-state index in [0.717, 1.165) is 12.5 Å². The molecule has 0 amide bonds. The zero-order valence-corrected chi connectivity index (χ0v) is 13.8. The van der Waals surface area contributed by atoms with E-state index in [-0.39, 0.29) is 0 Å². The second kappa shape index (κ2) is 10.0. The maximum absolute atomic E-state index is 5.78. The second-order valence-corrected chi connectivity index (χ2v) is 13.9. The van der Waals surface area contributed by atoms with Gasteiger partial charge in [-0.1, -0.05) is 61.1 Å². The first-order valence-electron chi connectivity index (χ1n) is 5.19. The monoisotopic (exact) mass is 386 g/mol. The summed E-state index contributed by atoms with van der Waals surface area (Å²) in [5, 5.41) is 0. The van der Waals surface area contributed by atoms with Crippen molar-refractivity contribution in [2.75, 3.05) is 4.43 Å². The van der Waals surface area contributed by atoms with Gasteiger partial charge in [0, 0.05) is 0 Å². The minimum atomic E-state index is -2.32. The smallest absolute Gasteiger partial charge is 0.126 e. The summed E-state index contributed by atoms with van der Waals surface area (Å²) in [7, 11) is 0. The molecular formula is C9H18Cl3ISi. The Balaban J connectivity index is 2.99. The fourth-order valence-electron chi connectivity index (χ4n) is 1.30. The molecule has 0 aromatic heterocycles. The van der Waals surface area contributed by atoms with Crippen LogP contribution in [0.3, 0.4) is 0 Å². The Labute approximate surface area is 116 Å². The molecule has 0 radical (unpaired) electrons. The van der Waals surface area contributed by atoms with E-state index in [1.807, 2.05) is 0 Å². The van der Waals surface area contributed by atoms with Crippen LogP contribution in [0.5, 0.6) is 0 Å². The summed E-state index contributed by atoms with van der Waals surface area (Å²) >= 11 is 19.8. The first kappa shape index (κ1) is 15.8. The molecule has 0 aromatic rings. The Kier molecular flexibility index (Phi) is 11.3. The highest BCUT2D eigenvalue weighted by molar-refractivity contribution is 14.1. The van der Waals surface area contributed by atoms with E-state index >= 15 is 0 Å². The molecule has 0 bridgehead atoms. The van der Waals surface area contributed by atoms with Gasteiger partial charge < -0.3 is 0 Å². The van der Waals surface area contributed by atoms with Gasteiger partial charge in [-0.25, -0.2) is 0 Å². The highest BCUT2D eigenvalue weighted by Gasteiger charge is 2.23. The fourth-order valence-corrected chi connectivity index (χ4v) is 3.70. The molecule has 0 saturated carbocycles. The molecular weight excluding hydrogens is 369 g/mol. The third-order valence-corrected chi connectivity index (χ3v) is 5.48. The van der Waals surface area contributed by atoms with Crippen LogP contribution in [0.4, 0.5) is 0 Å². The minimum Gasteiger partial charge on any atom is -0.126 e. The molecule has 0 aromatic carbocycles. The van der Waals surface area contributed by atoms with E-state index in [2.05, 4.69) is 22.6 Å². The van der Waals surface area contributed by atoms with Crippen molar-refractivity contribution in [1.29, 1.82) is 0 Å². The number of rotatable bonds is 9. The molecule has 0 fully saturated rings. The van der Waals surface area contributed by atoms with Crippen molar-refractivity contribution in [2.24, 2.45) is 0 Å². The molecule has 0 spiro atoms. The van der Waals surface area contributed by atoms with Crippen LogP contribution in [-0.2, 0) is 0 Å². The van der Waals surface area contributed by atoms with E-state index in [9.17, 15) is 0 Å². The predicted molar refractivity (Wildman–Crippen MR) is 79.3 cm³/mol. The number of unbranched alkanes of at least 4 members (excludes halogenated alkanes) is 6. The lowest BCUT2D eigenvalue weighted by Crippen LogP contribution is -2.07. The average molecular weight is 388 g/mol. The highest BCUT2D eigenvalue weighted by Crippen LogP contribution is 2.27. The van der Waals surface area contributed by atoms with Crippen molar-refractivity contribution in [3.63, 3.8) is 0 Å². The number of halogens is 4. The van der Waals surface area contributed by atoms with Gasteiger partial charge in [0.25, 0.3) is 0 Å². The van der Waals surface area contributed by atoms with Crippen molar-refractivity contribution < 1.29 is 0 Å². The number of alkyl halides is 1. The average Bonchev–Trinajstić information content (AvgIpc) is 2.08. The molecule has 0 rings (SSSR count). The third kappa shape index (κ3) is 13.8.